The van der Waals surface area contributed by atoms with Gasteiger partial charge in [-0.05, 0) is 30.4 Å². The van der Waals surface area contributed by atoms with Crippen LogP contribution in [0.3, 0.4) is 0 Å². The van der Waals surface area contributed by atoms with Crippen molar-refractivity contribution in [1.82, 2.24) is 9.97 Å². The monoisotopic (exact) mass is 266 g/mol. The van der Waals surface area contributed by atoms with Crippen LogP contribution in [-0.4, -0.2) is 40.6 Å². The molecule has 0 radical (unpaired) electrons. The lowest BCUT2D eigenvalue weighted by Crippen LogP contribution is -2.34. The molecule has 1 aromatic heterocycles. The topological polar surface area (TPSA) is 72.3 Å². The van der Waals surface area contributed by atoms with E-state index in [-0.39, 0.29) is 17.0 Å². The molecule has 7 heteroatoms. The van der Waals surface area contributed by atoms with Crippen LogP contribution >= 0.6 is 9.24 Å². The largest absolute Gasteiger partial charge is 0.475 e. The maximum absolute atomic E-state index is 10.9. The van der Waals surface area contributed by atoms with Crippen molar-refractivity contribution in [2.75, 3.05) is 6.61 Å². The van der Waals surface area contributed by atoms with E-state index in [0.29, 0.717) is 12.3 Å². The lowest BCUT2D eigenvalue weighted by atomic mass is 9.80. The molecule has 2 heterocycles. The number of rotatable bonds is 2. The van der Waals surface area contributed by atoms with E-state index in [1.807, 2.05) is 6.92 Å². The number of aromatic carboxylic acids is 1. The molecule has 1 aromatic rings. The molecule has 18 heavy (non-hydrogen) atoms. The van der Waals surface area contributed by atoms with Gasteiger partial charge >= 0.3 is 5.97 Å². The van der Waals surface area contributed by atoms with E-state index >= 15 is 0 Å². The fraction of sp³-hybridized carbons (Fsp3) is 0.545. The van der Waals surface area contributed by atoms with Crippen LogP contribution in [0, 0.1) is 6.92 Å². The van der Waals surface area contributed by atoms with Gasteiger partial charge in [0.1, 0.15) is 7.85 Å². The number of hydrogen-bond donors (Lipinski definition) is 1. The number of carboxylic acids is 1. The average Bonchev–Trinajstić information content (AvgIpc) is 2.30. The number of ether oxygens (including phenoxy) is 1. The smallest absolute Gasteiger partial charge is 0.373 e. The first-order valence-corrected chi connectivity index (χ1v) is 6.44. The van der Waals surface area contributed by atoms with Gasteiger partial charge in [0.25, 0.3) is 0 Å². The highest BCUT2D eigenvalue weighted by atomic mass is 31.0. The Morgan fingerprint density at radius 3 is 3.00 bits per heavy atom. The summed E-state index contributed by atoms with van der Waals surface area (Å²) >= 11 is 0. The zero-order chi connectivity index (χ0) is 13.3. The van der Waals surface area contributed by atoms with E-state index < -0.39 is 5.97 Å². The molecule has 0 aliphatic carbocycles. The molecule has 0 aromatic carbocycles. The molecule has 1 N–H and O–H groups in total. The Balaban J connectivity index is 2.23. The van der Waals surface area contributed by atoms with Crippen LogP contribution in [0.15, 0.2) is 6.20 Å². The van der Waals surface area contributed by atoms with Crippen molar-refractivity contribution in [2.24, 2.45) is 0 Å². The Morgan fingerprint density at radius 1 is 1.72 bits per heavy atom. The van der Waals surface area contributed by atoms with Crippen molar-refractivity contribution < 1.29 is 14.6 Å². The van der Waals surface area contributed by atoms with E-state index in [9.17, 15) is 4.79 Å². The fourth-order valence-electron chi connectivity index (χ4n) is 2.01. The van der Waals surface area contributed by atoms with Crippen LogP contribution < -0.4 is 0 Å². The second-order valence-corrected chi connectivity index (χ2v) is 6.45. The van der Waals surface area contributed by atoms with Gasteiger partial charge in [0.2, 0.25) is 5.82 Å². The summed E-state index contributed by atoms with van der Waals surface area (Å²) in [6, 6.07) is 0. The molecule has 0 spiro atoms. The summed E-state index contributed by atoms with van der Waals surface area (Å²) in [7, 11) is 4.93. The van der Waals surface area contributed by atoms with E-state index in [4.69, 9.17) is 9.84 Å². The second-order valence-electron chi connectivity index (χ2n) is 5.06. The Kier molecular flexibility index (Phi) is 3.69. The summed E-state index contributed by atoms with van der Waals surface area (Å²) in [5.41, 5.74) is 1.57. The van der Waals surface area contributed by atoms with E-state index in [1.165, 1.54) is 0 Å². The maximum atomic E-state index is 10.9. The molecule has 1 aliphatic heterocycles. The minimum atomic E-state index is -1.11. The number of aryl methyl sites for hydroxylation is 1. The molecule has 1 fully saturated rings. The zero-order valence-corrected chi connectivity index (χ0v) is 11.7. The number of aromatic nitrogens is 2. The van der Waals surface area contributed by atoms with Gasteiger partial charge in [-0.2, -0.15) is 0 Å². The van der Waals surface area contributed by atoms with Crippen molar-refractivity contribution in [1.29, 1.82) is 0 Å². The van der Waals surface area contributed by atoms with E-state index in [2.05, 4.69) is 27.1 Å². The molecule has 1 aliphatic rings. The van der Waals surface area contributed by atoms with Crippen LogP contribution in [-0.2, 0) is 4.74 Å². The number of nitrogens with zero attached hydrogens (tertiary/aromatic N) is 2. The van der Waals surface area contributed by atoms with Gasteiger partial charge in [-0.1, -0.05) is 0 Å². The Morgan fingerprint density at radius 2 is 2.44 bits per heavy atom. The highest BCUT2D eigenvalue weighted by Crippen LogP contribution is 2.35. The van der Waals surface area contributed by atoms with Gasteiger partial charge in [0, 0.05) is 12.8 Å². The van der Waals surface area contributed by atoms with Crippen molar-refractivity contribution in [3.05, 3.63) is 23.3 Å². The highest BCUT2D eigenvalue weighted by Gasteiger charge is 2.30. The molecule has 0 saturated carbocycles. The van der Waals surface area contributed by atoms with Gasteiger partial charge < -0.3 is 9.84 Å². The molecule has 0 bridgehead atoms. The lowest BCUT2D eigenvalue weighted by Gasteiger charge is -2.34. The first kappa shape index (κ1) is 13.4. The molecular weight excluding hydrogens is 250 g/mol. The van der Waals surface area contributed by atoms with Gasteiger partial charge in [-0.25, -0.2) is 14.8 Å². The van der Waals surface area contributed by atoms with Gasteiger partial charge in [-0.3, -0.25) is 0 Å². The third-order valence-electron chi connectivity index (χ3n) is 3.10. The second kappa shape index (κ2) is 4.94. The van der Waals surface area contributed by atoms with Crippen molar-refractivity contribution in [3.63, 3.8) is 0 Å². The van der Waals surface area contributed by atoms with Crippen LogP contribution in [0.2, 0.25) is 0 Å². The first-order valence-electron chi connectivity index (χ1n) is 5.86. The average molecular weight is 266 g/mol. The molecular formula is C11H16BN2O3P. The summed E-state index contributed by atoms with van der Waals surface area (Å²) in [5.74, 6) is -1.28. The maximum Gasteiger partial charge on any atom is 0.373 e. The predicted octanol–water partition coefficient (Wildman–Crippen LogP) is 0.539. The third kappa shape index (κ3) is 2.87. The van der Waals surface area contributed by atoms with Crippen LogP contribution in [0.5, 0.6) is 0 Å². The number of carboxylic acid groups (broad SMARTS) is 1. The van der Waals surface area contributed by atoms with Crippen molar-refractivity contribution in [2.45, 2.75) is 30.9 Å². The quantitative estimate of drug-likeness (QED) is 0.624. The first-order chi connectivity index (χ1) is 8.39. The normalized spacial score (nSPS) is 28.0. The number of hydrogen-bond acceptors (Lipinski definition) is 4. The predicted molar refractivity (Wildman–Crippen MR) is 72.6 cm³/mol. The van der Waals surface area contributed by atoms with E-state index in [0.717, 1.165) is 18.4 Å². The molecule has 3 atom stereocenters. The number of carbonyl (C=O) groups is 1. The zero-order valence-electron chi connectivity index (χ0n) is 10.5. The Hall–Kier alpha value is -0.995. The summed E-state index contributed by atoms with van der Waals surface area (Å²) in [6.45, 7) is 2.51. The van der Waals surface area contributed by atoms with Crippen molar-refractivity contribution in [3.8, 4) is 0 Å². The molecule has 96 valence electrons. The molecule has 0 amide bonds. The summed E-state index contributed by atoms with van der Waals surface area (Å²) in [6.07, 6.45) is 3.27. The molecule has 2 rings (SSSR count). The molecule has 5 nitrogen and oxygen atoms in total. The van der Waals surface area contributed by atoms with Crippen molar-refractivity contribution >= 4 is 23.1 Å². The molecule has 1 saturated heterocycles. The van der Waals surface area contributed by atoms with E-state index in [1.54, 1.807) is 6.20 Å². The third-order valence-corrected chi connectivity index (χ3v) is 3.55. The van der Waals surface area contributed by atoms with Gasteiger partial charge in [0.05, 0.1) is 11.8 Å². The summed E-state index contributed by atoms with van der Waals surface area (Å²) < 4.78 is 5.79. The van der Waals surface area contributed by atoms with Gasteiger partial charge in [0.15, 0.2) is 0 Å². The SMILES string of the molecule is BC1(P)CCC(c2nc(C(=O)O)ncc2C)OC1. The summed E-state index contributed by atoms with van der Waals surface area (Å²) in [5, 5.41) is 9.02. The van der Waals surface area contributed by atoms with Crippen LogP contribution in [0.25, 0.3) is 0 Å². The van der Waals surface area contributed by atoms with Gasteiger partial charge in [-0.15, -0.1) is 9.24 Å². The minimum absolute atomic E-state index is 0.104. The standard InChI is InChI=1S/C11H16BN2O3P/c1-6-4-13-9(10(15)16)14-8(6)7-2-3-11(12,18)5-17-7/h4,7H,2-3,5,12,18H2,1H3,(H,15,16). The summed E-state index contributed by atoms with van der Waals surface area (Å²) in [4.78, 5) is 18.8. The highest BCUT2D eigenvalue weighted by molar-refractivity contribution is 7.22. The minimum Gasteiger partial charge on any atom is -0.475 e. The molecule has 3 unspecified atom stereocenters. The Labute approximate surface area is 109 Å². The van der Waals surface area contributed by atoms with Crippen LogP contribution in [0.4, 0.5) is 0 Å². The fourth-order valence-corrected chi connectivity index (χ4v) is 2.27. The lowest BCUT2D eigenvalue weighted by molar-refractivity contribution is 0.00740. The Bertz CT molecular complexity index is 471. The van der Waals surface area contributed by atoms with Crippen LogP contribution in [0.1, 0.15) is 40.8 Å².